The van der Waals surface area contributed by atoms with Crippen LogP contribution in [-0.2, 0) is 4.74 Å². The summed E-state index contributed by atoms with van der Waals surface area (Å²) in [5.74, 6) is 0. The number of hydrogen-bond donors (Lipinski definition) is 1. The minimum atomic E-state index is -0.0706. The number of hydrogen-bond acceptors (Lipinski definition) is 2. The molecule has 2 nitrogen and oxygen atoms in total. The average Bonchev–Trinajstić information content (AvgIpc) is 2.47. The third-order valence-electron chi connectivity index (χ3n) is 2.32. The van der Waals surface area contributed by atoms with Crippen molar-refractivity contribution >= 4 is 11.6 Å². The Labute approximate surface area is 89.2 Å². The van der Waals surface area contributed by atoms with Crippen LogP contribution in [0.2, 0.25) is 5.02 Å². The first-order valence-electron chi connectivity index (χ1n) is 4.72. The molecule has 1 fully saturated rings. The maximum atomic E-state index is 6.08. The van der Waals surface area contributed by atoms with Crippen molar-refractivity contribution in [3.63, 3.8) is 0 Å². The Bertz CT molecular complexity index is 338. The van der Waals surface area contributed by atoms with Crippen LogP contribution in [0.4, 0.5) is 0 Å². The minimum absolute atomic E-state index is 0.0316. The van der Waals surface area contributed by atoms with E-state index in [9.17, 15) is 0 Å². The molecule has 1 saturated heterocycles. The molecular weight excluding hydrogens is 198 g/mol. The molecule has 1 aromatic rings. The summed E-state index contributed by atoms with van der Waals surface area (Å²) in [4.78, 5) is 0. The molecule has 1 N–H and O–H groups in total. The molecule has 1 aliphatic rings. The third kappa shape index (κ3) is 1.92. The molecule has 14 heavy (non-hydrogen) atoms. The first-order valence-corrected chi connectivity index (χ1v) is 5.10. The van der Waals surface area contributed by atoms with Crippen LogP contribution < -0.4 is 5.32 Å². The fourth-order valence-electron chi connectivity index (χ4n) is 1.59. The molecule has 1 heterocycles. The monoisotopic (exact) mass is 211 g/mol. The third-order valence-corrected chi connectivity index (χ3v) is 2.66. The van der Waals surface area contributed by atoms with E-state index >= 15 is 0 Å². The first-order chi connectivity index (χ1) is 6.58. The summed E-state index contributed by atoms with van der Waals surface area (Å²) in [6, 6.07) is 7.76. The number of halogens is 1. The molecular formula is C11H14ClNO. The van der Waals surface area contributed by atoms with Gasteiger partial charge in [-0.3, -0.25) is 5.32 Å². The zero-order valence-corrected chi connectivity index (χ0v) is 9.14. The number of benzene rings is 1. The summed E-state index contributed by atoms with van der Waals surface area (Å²) < 4.78 is 5.64. The molecule has 0 unspecified atom stereocenters. The predicted octanol–water partition coefficient (Wildman–Crippen LogP) is 2.74. The fraction of sp³-hybridized carbons (Fsp3) is 0.455. The van der Waals surface area contributed by atoms with Gasteiger partial charge in [0.25, 0.3) is 0 Å². The molecule has 0 amide bonds. The molecule has 0 spiro atoms. The maximum Gasteiger partial charge on any atom is 0.136 e. The smallest absolute Gasteiger partial charge is 0.136 e. The fourth-order valence-corrected chi connectivity index (χ4v) is 1.82. The van der Waals surface area contributed by atoms with Gasteiger partial charge in [-0.25, -0.2) is 0 Å². The van der Waals surface area contributed by atoms with Crippen molar-refractivity contribution in [1.29, 1.82) is 0 Å². The van der Waals surface area contributed by atoms with Gasteiger partial charge in [0.15, 0.2) is 0 Å². The molecule has 76 valence electrons. The van der Waals surface area contributed by atoms with Gasteiger partial charge in [0, 0.05) is 16.1 Å². The lowest BCUT2D eigenvalue weighted by Crippen LogP contribution is -2.35. The molecule has 0 radical (unpaired) electrons. The van der Waals surface area contributed by atoms with Crippen LogP contribution in [0.5, 0.6) is 0 Å². The molecule has 1 aliphatic heterocycles. The van der Waals surface area contributed by atoms with E-state index < -0.39 is 0 Å². The second-order valence-corrected chi connectivity index (χ2v) is 4.65. The highest BCUT2D eigenvalue weighted by atomic mass is 35.5. The summed E-state index contributed by atoms with van der Waals surface area (Å²) in [5, 5.41) is 4.13. The topological polar surface area (TPSA) is 21.3 Å². The second-order valence-electron chi connectivity index (χ2n) is 4.24. The number of nitrogens with one attached hydrogen (secondary N) is 1. The van der Waals surface area contributed by atoms with Gasteiger partial charge in [-0.2, -0.15) is 0 Å². The first kappa shape index (κ1) is 9.97. The van der Waals surface area contributed by atoms with Gasteiger partial charge in [0.1, 0.15) is 6.23 Å². The summed E-state index contributed by atoms with van der Waals surface area (Å²) in [7, 11) is 0. The van der Waals surface area contributed by atoms with E-state index in [2.05, 4.69) is 19.2 Å². The normalized spacial score (nSPS) is 25.2. The van der Waals surface area contributed by atoms with E-state index in [1.807, 2.05) is 24.3 Å². The summed E-state index contributed by atoms with van der Waals surface area (Å²) in [6.45, 7) is 4.94. The largest absolute Gasteiger partial charge is 0.357 e. The molecule has 1 aromatic carbocycles. The van der Waals surface area contributed by atoms with Crippen LogP contribution >= 0.6 is 11.6 Å². The second kappa shape index (κ2) is 3.54. The summed E-state index contributed by atoms with van der Waals surface area (Å²) in [6.07, 6.45) is -0.0706. The Morgan fingerprint density at radius 3 is 2.71 bits per heavy atom. The molecule has 0 bridgehead atoms. The highest BCUT2D eigenvalue weighted by Gasteiger charge is 2.32. The van der Waals surface area contributed by atoms with Crippen molar-refractivity contribution in [3.05, 3.63) is 34.9 Å². The van der Waals surface area contributed by atoms with Crippen molar-refractivity contribution in [1.82, 2.24) is 5.32 Å². The van der Waals surface area contributed by atoms with Crippen LogP contribution in [0.25, 0.3) is 0 Å². The van der Waals surface area contributed by atoms with Gasteiger partial charge in [-0.1, -0.05) is 29.8 Å². The standard InChI is InChI=1S/C11H14ClNO/c1-11(2)7-14-10(13-11)8-5-3-4-6-9(8)12/h3-6,10,13H,7H2,1-2H3/t10-/m1/s1. The molecule has 0 aromatic heterocycles. The highest BCUT2D eigenvalue weighted by molar-refractivity contribution is 6.31. The lowest BCUT2D eigenvalue weighted by Gasteiger charge is -2.17. The van der Waals surface area contributed by atoms with Crippen LogP contribution in [0.3, 0.4) is 0 Å². The molecule has 2 rings (SSSR count). The molecule has 0 saturated carbocycles. The van der Waals surface area contributed by atoms with E-state index in [0.717, 1.165) is 10.6 Å². The SMILES string of the molecule is CC1(C)CO[C@H](c2ccccc2Cl)N1. The Morgan fingerprint density at radius 1 is 1.43 bits per heavy atom. The predicted molar refractivity (Wildman–Crippen MR) is 57.4 cm³/mol. The molecule has 1 atom stereocenters. The van der Waals surface area contributed by atoms with E-state index in [4.69, 9.17) is 16.3 Å². The van der Waals surface area contributed by atoms with Gasteiger partial charge in [0.2, 0.25) is 0 Å². The summed E-state index contributed by atoms with van der Waals surface area (Å²) >= 11 is 6.08. The van der Waals surface area contributed by atoms with Gasteiger partial charge in [0.05, 0.1) is 6.61 Å². The van der Waals surface area contributed by atoms with E-state index in [-0.39, 0.29) is 11.8 Å². The van der Waals surface area contributed by atoms with Crippen molar-refractivity contribution in [2.75, 3.05) is 6.61 Å². The zero-order chi connectivity index (χ0) is 10.2. The maximum absolute atomic E-state index is 6.08. The van der Waals surface area contributed by atoms with Crippen molar-refractivity contribution in [2.45, 2.75) is 25.6 Å². The Hall–Kier alpha value is -0.570. The Kier molecular flexibility index (Phi) is 2.52. The summed E-state index contributed by atoms with van der Waals surface area (Å²) in [5.41, 5.74) is 1.05. The van der Waals surface area contributed by atoms with Gasteiger partial charge in [-0.05, 0) is 19.9 Å². The minimum Gasteiger partial charge on any atom is -0.357 e. The van der Waals surface area contributed by atoms with Crippen LogP contribution in [0, 0.1) is 0 Å². The lowest BCUT2D eigenvalue weighted by atomic mass is 10.1. The quantitative estimate of drug-likeness (QED) is 0.772. The zero-order valence-electron chi connectivity index (χ0n) is 8.38. The van der Waals surface area contributed by atoms with E-state index in [1.165, 1.54) is 0 Å². The number of rotatable bonds is 1. The van der Waals surface area contributed by atoms with Crippen LogP contribution in [0.15, 0.2) is 24.3 Å². The molecule has 0 aliphatic carbocycles. The van der Waals surface area contributed by atoms with E-state index in [1.54, 1.807) is 0 Å². The van der Waals surface area contributed by atoms with E-state index in [0.29, 0.717) is 6.61 Å². The van der Waals surface area contributed by atoms with Crippen molar-refractivity contribution < 1.29 is 4.74 Å². The van der Waals surface area contributed by atoms with Crippen LogP contribution in [0.1, 0.15) is 25.6 Å². The highest BCUT2D eigenvalue weighted by Crippen LogP contribution is 2.30. The Morgan fingerprint density at radius 2 is 2.14 bits per heavy atom. The lowest BCUT2D eigenvalue weighted by molar-refractivity contribution is 0.0990. The van der Waals surface area contributed by atoms with Gasteiger partial charge < -0.3 is 4.74 Å². The van der Waals surface area contributed by atoms with Crippen LogP contribution in [-0.4, -0.2) is 12.1 Å². The van der Waals surface area contributed by atoms with Gasteiger partial charge >= 0.3 is 0 Å². The van der Waals surface area contributed by atoms with Crippen molar-refractivity contribution in [3.8, 4) is 0 Å². The van der Waals surface area contributed by atoms with Crippen molar-refractivity contribution in [2.24, 2.45) is 0 Å². The number of ether oxygens (including phenoxy) is 1. The van der Waals surface area contributed by atoms with Gasteiger partial charge in [-0.15, -0.1) is 0 Å². The molecule has 3 heteroatoms. The average molecular weight is 212 g/mol. The Balaban J connectivity index is 2.22.